The summed E-state index contributed by atoms with van der Waals surface area (Å²) in [5, 5.41) is 18.7. The molecule has 1 fully saturated rings. The summed E-state index contributed by atoms with van der Waals surface area (Å²) < 4.78 is 92.6. The Bertz CT molecular complexity index is 468. The molecule has 5 atom stereocenters. The normalized spacial score (nSPS) is 95.0. The second-order valence-corrected chi connectivity index (χ2v) is 1.81. The van der Waals surface area contributed by atoms with Crippen molar-refractivity contribution in [1.82, 2.24) is 0 Å². The molecule has 1 saturated heterocycles. The molecule has 1 aliphatic rings. The number of rotatable bonds is 6. The van der Waals surface area contributed by atoms with Crippen LogP contribution in [0, 0.1) is 0 Å². The van der Waals surface area contributed by atoms with Gasteiger partial charge < -0.3 is 30.3 Å². The molecule has 72 valence electrons. The highest BCUT2D eigenvalue weighted by molar-refractivity contribution is 4.87. The van der Waals surface area contributed by atoms with Gasteiger partial charge in [-0.25, -0.2) is 0 Å². The molecule has 1 rings (SSSR count). The summed E-state index contributed by atoms with van der Waals surface area (Å²) in [7, 11) is 0. The third-order valence-electron chi connectivity index (χ3n) is 1.09. The lowest BCUT2D eigenvalue weighted by Crippen LogP contribution is -2.58. The third kappa shape index (κ3) is 1.58. The molecule has 6 nitrogen and oxygen atoms in total. The first-order valence-corrected chi connectivity index (χ1v) is 2.68. The molecular weight excluding hydrogens is 174 g/mol. The Labute approximate surface area is 85.9 Å². The number of hydrogen-bond donors (Lipinski definition) is 5. The SMILES string of the molecule is [2H]O[13C]([2H])([2H])[13C]1([2H])O[13C@]([2H])(O[2H])[13C]([2H])(O[2H])[13C@]([2H])(O[2H])[13C@]1([2H])O[2H]. The van der Waals surface area contributed by atoms with Crippen molar-refractivity contribution in [2.75, 3.05) is 6.56 Å². The van der Waals surface area contributed by atoms with Gasteiger partial charge in [-0.2, -0.15) is 0 Å². The molecule has 2 unspecified atom stereocenters. The van der Waals surface area contributed by atoms with Crippen molar-refractivity contribution in [1.29, 1.82) is 7.16 Å². The molecule has 1 heterocycles. The Morgan fingerprint density at radius 3 is 2.67 bits per heavy atom. The predicted octanol–water partition coefficient (Wildman–Crippen LogP) is -3.22. The van der Waals surface area contributed by atoms with Crippen LogP contribution in [0.5, 0.6) is 0 Å². The zero-order valence-electron chi connectivity index (χ0n) is 17.4. The number of aliphatic hydroxyl groups is 5. The van der Waals surface area contributed by atoms with Gasteiger partial charge in [0, 0.05) is 0 Å². The fourth-order valence-corrected chi connectivity index (χ4v) is 0.552. The fraction of sp³-hybridized carbons (Fsp3) is 1.00. The van der Waals surface area contributed by atoms with Crippen LogP contribution < -0.4 is 0 Å². The van der Waals surface area contributed by atoms with Crippen molar-refractivity contribution in [2.45, 2.75) is 30.6 Å². The van der Waals surface area contributed by atoms with Crippen molar-refractivity contribution in [3.8, 4) is 0 Å². The van der Waals surface area contributed by atoms with Crippen molar-refractivity contribution in [3.05, 3.63) is 0 Å². The van der Waals surface area contributed by atoms with Gasteiger partial charge in [-0.15, -0.1) is 0 Å². The van der Waals surface area contributed by atoms with Gasteiger partial charge in [0.1, 0.15) is 24.3 Å². The van der Waals surface area contributed by atoms with Crippen LogP contribution in [0.1, 0.15) is 9.60 Å². The molecule has 5 N–H and O–H groups in total. The van der Waals surface area contributed by atoms with Crippen molar-refractivity contribution >= 4 is 0 Å². The lowest BCUT2D eigenvalue weighted by molar-refractivity contribution is -0.286. The molecule has 6 heteroatoms. The van der Waals surface area contributed by atoms with E-state index in [1.165, 1.54) is 0 Å². The van der Waals surface area contributed by atoms with Gasteiger partial charge in [0.15, 0.2) is 6.27 Å². The van der Waals surface area contributed by atoms with E-state index >= 15 is 0 Å². The Morgan fingerprint density at radius 2 is 2.08 bits per heavy atom. The summed E-state index contributed by atoms with van der Waals surface area (Å²) >= 11 is 0. The number of hydrogen-bond acceptors (Lipinski definition) is 6. The van der Waals surface area contributed by atoms with Crippen LogP contribution in [-0.4, -0.2) is 69.8 Å². The van der Waals surface area contributed by atoms with Gasteiger partial charge in [0.25, 0.3) is 0 Å². The second kappa shape index (κ2) is 3.65. The highest BCUT2D eigenvalue weighted by Crippen LogP contribution is 2.18. The van der Waals surface area contributed by atoms with Crippen LogP contribution in [0.2, 0.25) is 0 Å². The molecule has 1 aliphatic heterocycles. The quantitative estimate of drug-likeness (QED) is 0.287. The Balaban J connectivity index is 3.88. The van der Waals surface area contributed by atoms with Crippen molar-refractivity contribution < 1.29 is 39.9 Å². The summed E-state index contributed by atoms with van der Waals surface area (Å²) in [4.78, 5) is 0. The molecule has 0 bridgehead atoms. The molecule has 0 spiro atoms. The first kappa shape index (κ1) is 2.41. The maximum Gasteiger partial charge on any atom is 0.213 e. The van der Waals surface area contributed by atoms with Gasteiger partial charge in [-0.05, 0) is 0 Å². The largest absolute Gasteiger partial charge is 0.394 e. The summed E-state index contributed by atoms with van der Waals surface area (Å²) in [6.45, 7) is -3.73. The highest BCUT2D eigenvalue weighted by Gasteiger charge is 2.42. The summed E-state index contributed by atoms with van der Waals surface area (Å²) in [5.41, 5.74) is 0. The van der Waals surface area contributed by atoms with Crippen LogP contribution in [0.4, 0.5) is 0 Å². The summed E-state index contributed by atoms with van der Waals surface area (Å²) in [6.07, 6.45) is -19.1. The minimum atomic E-state index is -3.86. The van der Waals surface area contributed by atoms with E-state index in [0.29, 0.717) is 0 Å². The lowest BCUT2D eigenvalue weighted by Gasteiger charge is -2.37. The van der Waals surface area contributed by atoms with Gasteiger partial charge in [-0.1, -0.05) is 0 Å². The van der Waals surface area contributed by atoms with Gasteiger partial charge >= 0.3 is 0 Å². The molecule has 0 saturated carbocycles. The molecular formula is C6H12O6. The minimum Gasteiger partial charge on any atom is -0.394 e. The number of ether oxygens (including phenoxy) is 1. The molecule has 0 amide bonds. The van der Waals surface area contributed by atoms with E-state index < -0.39 is 37.1 Å². The average Bonchev–Trinajstić information content (AvgIpc) is 2.57. The zero-order valence-corrected chi connectivity index (χ0v) is 5.45. The highest BCUT2D eigenvalue weighted by atomic mass is 16.8. The van der Waals surface area contributed by atoms with E-state index in [1.807, 2.05) is 0 Å². The topological polar surface area (TPSA) is 110 Å². The fourth-order valence-electron chi connectivity index (χ4n) is 0.552. The van der Waals surface area contributed by atoms with Gasteiger partial charge in [0.2, 0.25) is 7.16 Å². The Kier molecular flexibility index (Phi) is 0.733. The van der Waals surface area contributed by atoms with E-state index in [9.17, 15) is 0 Å². The maximum atomic E-state index is 7.91. The summed E-state index contributed by atoms with van der Waals surface area (Å²) in [6, 6.07) is 0. The van der Waals surface area contributed by atoms with E-state index in [4.69, 9.17) is 16.8 Å². The molecule has 12 heavy (non-hydrogen) atoms. The lowest BCUT2D eigenvalue weighted by atomic mass is 10.9. The third-order valence-corrected chi connectivity index (χ3v) is 1.09. The van der Waals surface area contributed by atoms with Crippen LogP contribution in [-0.2, 0) is 4.74 Å². The van der Waals surface area contributed by atoms with Gasteiger partial charge in [-0.3, -0.25) is 0 Å². The molecule has 0 aromatic heterocycles. The summed E-state index contributed by atoms with van der Waals surface area (Å²) in [5.74, 6) is 0. The smallest absolute Gasteiger partial charge is 0.213 e. The second-order valence-electron chi connectivity index (χ2n) is 1.81. The Morgan fingerprint density at radius 1 is 1.25 bits per heavy atom. The van der Waals surface area contributed by atoms with Crippen LogP contribution in [0.25, 0.3) is 0 Å². The van der Waals surface area contributed by atoms with E-state index in [0.717, 1.165) is 0 Å². The van der Waals surface area contributed by atoms with Crippen LogP contribution >= 0.6 is 0 Å². The van der Waals surface area contributed by atoms with E-state index in [2.05, 4.69) is 30.3 Å². The maximum absolute atomic E-state index is 7.91. The zero-order chi connectivity index (χ0) is 19.2. The molecule has 0 aromatic rings. The molecule has 0 aliphatic carbocycles. The first-order chi connectivity index (χ1) is 10.8. The first-order valence-electron chi connectivity index (χ1n) is 8.22. The monoisotopic (exact) mass is 198 g/mol. The molecule has 0 radical (unpaired) electrons. The van der Waals surface area contributed by atoms with E-state index in [1.54, 1.807) is 0 Å². The van der Waals surface area contributed by atoms with Crippen LogP contribution in [0.3, 0.4) is 0 Å². The van der Waals surface area contributed by atoms with Gasteiger partial charge in [0.05, 0.1) is 16.2 Å². The van der Waals surface area contributed by atoms with E-state index in [-0.39, 0.29) is 0 Å². The standard InChI is InChI=1S/C6H12O6/c7-1-2-3(8)4(9)5(10)6(11)12-2/h2-11H,1H2/t2?,3-,4-,5?,6+/m1/s1/i1+1D2,2+1D,3+1D,4+1D,5+1D,6+1D,7D,8D,9D,10D,11D. The van der Waals surface area contributed by atoms with Crippen LogP contribution in [0.15, 0.2) is 0 Å². The van der Waals surface area contributed by atoms with Crippen molar-refractivity contribution in [3.63, 3.8) is 0 Å². The molecule has 0 aromatic carbocycles. The Hall–Kier alpha value is -0.240. The minimum absolute atomic E-state index is 3.59. The van der Waals surface area contributed by atoms with Crippen molar-refractivity contribution in [2.24, 2.45) is 0 Å². The predicted molar refractivity (Wildman–Crippen MR) is 36.0 cm³/mol. The average molecular weight is 198 g/mol.